The predicted molar refractivity (Wildman–Crippen MR) is 132 cm³/mol. The van der Waals surface area contributed by atoms with E-state index >= 15 is 0 Å². The van der Waals surface area contributed by atoms with E-state index in [-0.39, 0.29) is 16.6 Å². The van der Waals surface area contributed by atoms with E-state index in [4.69, 9.17) is 4.74 Å². The van der Waals surface area contributed by atoms with Gasteiger partial charge < -0.3 is 4.74 Å². The van der Waals surface area contributed by atoms with Gasteiger partial charge in [-0.05, 0) is 97.8 Å². The molecule has 5 rings (SSSR count). The third kappa shape index (κ3) is 3.74. The molecule has 5 atom stereocenters. The van der Waals surface area contributed by atoms with Gasteiger partial charge in [-0.3, -0.25) is 9.59 Å². The van der Waals surface area contributed by atoms with Crippen molar-refractivity contribution in [2.75, 3.05) is 6.61 Å². The lowest BCUT2D eigenvalue weighted by Gasteiger charge is -2.55. The summed E-state index contributed by atoms with van der Waals surface area (Å²) in [6.07, 6.45) is 15.1. The number of carbonyl (C=O) groups is 2. The topological polar surface area (TPSA) is 43.4 Å². The Morgan fingerprint density at radius 2 is 1.88 bits per heavy atom. The molecule has 3 heteroatoms. The average Bonchev–Trinajstić information content (AvgIpc) is 3.06. The minimum absolute atomic E-state index is 0.0265. The maximum atomic E-state index is 13.6. The highest BCUT2D eigenvalue weighted by molar-refractivity contribution is 6.06. The van der Waals surface area contributed by atoms with E-state index in [1.54, 1.807) is 6.08 Å². The van der Waals surface area contributed by atoms with E-state index in [2.05, 4.69) is 45.1 Å². The fourth-order valence-corrected chi connectivity index (χ4v) is 7.19. The SMILES string of the molecule is CCCCOc1ccc(C=C2C[C@H]3[C@@H]4CCC5=CC(=O)C=C[C@]5(C)[C@H]4CC[C@]3(C)C2=O)cc1. The van der Waals surface area contributed by atoms with Crippen LogP contribution in [0.4, 0.5) is 0 Å². The van der Waals surface area contributed by atoms with Crippen molar-refractivity contribution < 1.29 is 14.3 Å². The number of Topliss-reactive ketones (excluding diaryl/α,β-unsaturated/α-hetero) is 1. The van der Waals surface area contributed by atoms with Crippen LogP contribution < -0.4 is 4.74 Å². The number of ketones is 2. The Balaban J connectivity index is 1.37. The van der Waals surface area contributed by atoms with E-state index in [0.29, 0.717) is 23.5 Å². The standard InChI is InChI=1S/C30H36O3/c1-4-5-16-33-24-9-6-20(7-10-24)17-21-18-27-25-11-8-22-19-23(31)12-14-29(22,2)26(25)13-15-30(27,3)28(21)32/h6-7,9-10,12,14,17,19,25-27H,4-5,8,11,13,15-16,18H2,1-3H3/t25-,26+,27+,29+,30+/m1/s1. The van der Waals surface area contributed by atoms with E-state index in [9.17, 15) is 9.59 Å². The summed E-state index contributed by atoms with van der Waals surface area (Å²) in [7, 11) is 0. The molecule has 0 saturated heterocycles. The lowest BCUT2D eigenvalue weighted by molar-refractivity contribution is -0.129. The first-order valence-electron chi connectivity index (χ1n) is 12.8. The summed E-state index contributed by atoms with van der Waals surface area (Å²) in [5.41, 5.74) is 3.10. The molecular formula is C30H36O3. The lowest BCUT2D eigenvalue weighted by Crippen LogP contribution is -2.49. The third-order valence-electron chi connectivity index (χ3n) is 9.18. The van der Waals surface area contributed by atoms with Crippen LogP contribution in [0.5, 0.6) is 5.75 Å². The summed E-state index contributed by atoms with van der Waals surface area (Å²) < 4.78 is 5.79. The van der Waals surface area contributed by atoms with E-state index in [1.165, 1.54) is 5.57 Å². The van der Waals surface area contributed by atoms with Crippen LogP contribution in [0.3, 0.4) is 0 Å². The molecule has 33 heavy (non-hydrogen) atoms. The molecule has 0 spiro atoms. The third-order valence-corrected chi connectivity index (χ3v) is 9.18. The number of ether oxygens (including phenoxy) is 1. The number of hydrogen-bond donors (Lipinski definition) is 0. The van der Waals surface area contributed by atoms with E-state index in [0.717, 1.165) is 68.4 Å². The molecule has 0 aliphatic heterocycles. The van der Waals surface area contributed by atoms with Crippen LogP contribution in [0.2, 0.25) is 0 Å². The zero-order valence-electron chi connectivity index (χ0n) is 20.2. The Morgan fingerprint density at radius 3 is 2.64 bits per heavy atom. The molecule has 1 aromatic rings. The van der Waals surface area contributed by atoms with Gasteiger partial charge in [0.2, 0.25) is 0 Å². The number of rotatable bonds is 5. The summed E-state index contributed by atoms with van der Waals surface area (Å²) in [6.45, 7) is 7.44. The Hall–Kier alpha value is -2.42. The molecular weight excluding hydrogens is 408 g/mol. The van der Waals surface area contributed by atoms with Gasteiger partial charge in [-0.15, -0.1) is 0 Å². The largest absolute Gasteiger partial charge is 0.494 e. The molecule has 4 aliphatic rings. The van der Waals surface area contributed by atoms with Gasteiger partial charge in [0.25, 0.3) is 0 Å². The Labute approximate surface area is 198 Å². The number of benzene rings is 1. The van der Waals surface area contributed by atoms with Crippen LogP contribution in [0.15, 0.2) is 53.6 Å². The molecule has 0 heterocycles. The van der Waals surface area contributed by atoms with Crippen molar-refractivity contribution in [3.63, 3.8) is 0 Å². The second-order valence-corrected chi connectivity index (χ2v) is 11.0. The summed E-state index contributed by atoms with van der Waals surface area (Å²) in [4.78, 5) is 25.6. The minimum Gasteiger partial charge on any atom is -0.494 e. The number of hydrogen-bond acceptors (Lipinski definition) is 3. The minimum atomic E-state index is -0.248. The first-order valence-corrected chi connectivity index (χ1v) is 12.8. The van der Waals surface area contributed by atoms with Crippen molar-refractivity contribution in [3.8, 4) is 5.75 Å². The van der Waals surface area contributed by atoms with Crippen LogP contribution in [-0.4, -0.2) is 18.2 Å². The molecule has 3 nitrogen and oxygen atoms in total. The molecule has 3 saturated carbocycles. The Kier molecular flexibility index (Phi) is 5.71. The summed E-state index contributed by atoms with van der Waals surface area (Å²) >= 11 is 0. The highest BCUT2D eigenvalue weighted by Crippen LogP contribution is 2.64. The monoisotopic (exact) mass is 444 g/mol. The van der Waals surface area contributed by atoms with Crippen LogP contribution in [0, 0.1) is 28.6 Å². The Morgan fingerprint density at radius 1 is 1.09 bits per heavy atom. The van der Waals surface area contributed by atoms with Gasteiger partial charge in [0.05, 0.1) is 6.61 Å². The lowest BCUT2D eigenvalue weighted by atomic mass is 9.48. The highest BCUT2D eigenvalue weighted by atomic mass is 16.5. The number of carbonyl (C=O) groups excluding carboxylic acids is 2. The van der Waals surface area contributed by atoms with Crippen LogP contribution >= 0.6 is 0 Å². The van der Waals surface area contributed by atoms with Gasteiger partial charge in [-0.2, -0.15) is 0 Å². The molecule has 0 N–H and O–H groups in total. The van der Waals surface area contributed by atoms with Crippen LogP contribution in [-0.2, 0) is 9.59 Å². The fourth-order valence-electron chi connectivity index (χ4n) is 7.19. The van der Waals surface area contributed by atoms with Crippen molar-refractivity contribution >= 4 is 17.6 Å². The quantitative estimate of drug-likeness (QED) is 0.373. The second kappa shape index (κ2) is 8.42. The predicted octanol–water partition coefficient (Wildman–Crippen LogP) is 6.74. The fraction of sp³-hybridized carbons (Fsp3) is 0.533. The molecule has 0 unspecified atom stereocenters. The Bertz CT molecular complexity index is 1040. The van der Waals surface area contributed by atoms with Crippen molar-refractivity contribution in [1.82, 2.24) is 0 Å². The number of fused-ring (bicyclic) bond motifs is 5. The van der Waals surface area contributed by atoms with Crippen molar-refractivity contribution in [3.05, 3.63) is 59.2 Å². The summed E-state index contributed by atoms with van der Waals surface area (Å²) in [5, 5.41) is 0. The highest BCUT2D eigenvalue weighted by Gasteiger charge is 2.59. The second-order valence-electron chi connectivity index (χ2n) is 11.0. The summed E-state index contributed by atoms with van der Waals surface area (Å²) in [5.74, 6) is 2.83. The van der Waals surface area contributed by atoms with Gasteiger partial charge in [0, 0.05) is 10.8 Å². The number of allylic oxidation sites excluding steroid dienone is 5. The van der Waals surface area contributed by atoms with E-state index < -0.39 is 0 Å². The smallest absolute Gasteiger partial charge is 0.178 e. The van der Waals surface area contributed by atoms with Gasteiger partial charge in [0.1, 0.15) is 5.75 Å². The van der Waals surface area contributed by atoms with Crippen LogP contribution in [0.1, 0.15) is 71.3 Å². The molecule has 0 aromatic heterocycles. The first-order chi connectivity index (χ1) is 15.8. The van der Waals surface area contributed by atoms with Crippen molar-refractivity contribution in [1.29, 1.82) is 0 Å². The number of unbranched alkanes of at least 4 members (excludes halogenated alkanes) is 1. The average molecular weight is 445 g/mol. The maximum Gasteiger partial charge on any atom is 0.178 e. The maximum absolute atomic E-state index is 13.6. The zero-order valence-corrected chi connectivity index (χ0v) is 20.2. The molecule has 4 aliphatic carbocycles. The molecule has 0 amide bonds. The van der Waals surface area contributed by atoms with Gasteiger partial charge in [-0.25, -0.2) is 0 Å². The molecule has 0 bridgehead atoms. The van der Waals surface area contributed by atoms with Crippen molar-refractivity contribution in [2.45, 2.75) is 65.7 Å². The normalized spacial score (nSPS) is 36.3. The van der Waals surface area contributed by atoms with Gasteiger partial charge in [-0.1, -0.05) is 51.0 Å². The summed E-state index contributed by atoms with van der Waals surface area (Å²) in [6, 6.07) is 8.16. The van der Waals surface area contributed by atoms with E-state index in [1.807, 2.05) is 18.2 Å². The zero-order chi connectivity index (χ0) is 23.2. The van der Waals surface area contributed by atoms with Gasteiger partial charge >= 0.3 is 0 Å². The molecule has 0 radical (unpaired) electrons. The first kappa shape index (κ1) is 22.4. The van der Waals surface area contributed by atoms with Crippen molar-refractivity contribution in [2.24, 2.45) is 28.6 Å². The molecule has 1 aromatic carbocycles. The van der Waals surface area contributed by atoms with Crippen LogP contribution in [0.25, 0.3) is 6.08 Å². The molecule has 174 valence electrons. The van der Waals surface area contributed by atoms with Gasteiger partial charge in [0.15, 0.2) is 11.6 Å². The molecule has 3 fully saturated rings.